The van der Waals surface area contributed by atoms with Crippen LogP contribution in [-0.4, -0.2) is 42.6 Å². The number of aliphatic hydroxyl groups is 1. The molecule has 1 saturated heterocycles. The van der Waals surface area contributed by atoms with Gasteiger partial charge in [0, 0.05) is 31.3 Å². The predicted octanol–water partition coefficient (Wildman–Crippen LogP) is 4.42. The van der Waals surface area contributed by atoms with Gasteiger partial charge in [0.1, 0.15) is 0 Å². The third kappa shape index (κ3) is 6.91. The lowest BCUT2D eigenvalue weighted by molar-refractivity contribution is -0.164. The zero-order chi connectivity index (χ0) is 18.9. The largest absolute Gasteiger partial charge is 0.387 e. The highest BCUT2D eigenvalue weighted by molar-refractivity contribution is 6.30. The van der Waals surface area contributed by atoms with Crippen molar-refractivity contribution >= 4 is 11.6 Å². The van der Waals surface area contributed by atoms with Crippen molar-refractivity contribution in [2.24, 2.45) is 0 Å². The zero-order valence-corrected chi connectivity index (χ0v) is 16.4. The van der Waals surface area contributed by atoms with Crippen molar-refractivity contribution in [1.82, 2.24) is 4.90 Å². The van der Waals surface area contributed by atoms with E-state index >= 15 is 0 Å². The molecular formula is C22H28ClNO3. The second-order valence-electron chi connectivity index (χ2n) is 6.95. The molecule has 0 amide bonds. The summed E-state index contributed by atoms with van der Waals surface area (Å²) in [7, 11) is 0. The molecule has 1 aliphatic heterocycles. The minimum Gasteiger partial charge on any atom is -0.387 e. The normalized spacial score (nSPS) is 18.6. The summed E-state index contributed by atoms with van der Waals surface area (Å²) >= 11 is 5.95. The summed E-state index contributed by atoms with van der Waals surface area (Å²) in [6.07, 6.45) is 2.59. The Balaban J connectivity index is 1.57. The fourth-order valence-electron chi connectivity index (χ4n) is 3.27. The summed E-state index contributed by atoms with van der Waals surface area (Å²) in [6, 6.07) is 17.7. The molecule has 27 heavy (non-hydrogen) atoms. The van der Waals surface area contributed by atoms with Crippen LogP contribution in [0.4, 0.5) is 0 Å². The lowest BCUT2D eigenvalue weighted by Gasteiger charge is -2.27. The molecule has 0 spiro atoms. The number of benzene rings is 2. The summed E-state index contributed by atoms with van der Waals surface area (Å²) in [5.74, 6) is 0. The van der Waals surface area contributed by atoms with E-state index in [1.54, 1.807) is 0 Å². The summed E-state index contributed by atoms with van der Waals surface area (Å²) in [5, 5.41) is 11.3. The van der Waals surface area contributed by atoms with Gasteiger partial charge in [0.05, 0.1) is 12.7 Å². The van der Waals surface area contributed by atoms with Crippen LogP contribution < -0.4 is 0 Å². The molecule has 4 nitrogen and oxygen atoms in total. The number of aliphatic hydroxyl groups excluding tert-OH is 1. The van der Waals surface area contributed by atoms with E-state index in [0.717, 1.165) is 44.5 Å². The lowest BCUT2D eigenvalue weighted by atomic mass is 10.1. The van der Waals surface area contributed by atoms with E-state index in [4.69, 9.17) is 21.1 Å². The molecule has 0 aromatic heterocycles. The number of rotatable bonds is 9. The van der Waals surface area contributed by atoms with Gasteiger partial charge in [0.15, 0.2) is 6.29 Å². The maximum absolute atomic E-state index is 10.7. The summed E-state index contributed by atoms with van der Waals surface area (Å²) < 4.78 is 11.5. The quantitative estimate of drug-likeness (QED) is 0.689. The van der Waals surface area contributed by atoms with Crippen LogP contribution in [0.25, 0.3) is 0 Å². The van der Waals surface area contributed by atoms with Crippen LogP contribution in [0.1, 0.15) is 36.5 Å². The van der Waals surface area contributed by atoms with Crippen molar-refractivity contribution in [2.45, 2.75) is 38.2 Å². The van der Waals surface area contributed by atoms with E-state index in [9.17, 15) is 5.11 Å². The van der Waals surface area contributed by atoms with E-state index < -0.39 is 6.10 Å². The first-order valence-electron chi connectivity index (χ1n) is 9.64. The Hall–Kier alpha value is -1.43. The highest BCUT2D eigenvalue weighted by Crippen LogP contribution is 2.19. The Morgan fingerprint density at radius 2 is 1.89 bits per heavy atom. The Morgan fingerprint density at radius 3 is 2.59 bits per heavy atom. The van der Waals surface area contributed by atoms with Gasteiger partial charge >= 0.3 is 0 Å². The number of ether oxygens (including phenoxy) is 2. The van der Waals surface area contributed by atoms with Crippen LogP contribution in [0, 0.1) is 0 Å². The molecule has 1 heterocycles. The Labute approximate surface area is 166 Å². The number of halogens is 1. The second-order valence-corrected chi connectivity index (χ2v) is 7.39. The van der Waals surface area contributed by atoms with E-state index in [1.165, 1.54) is 5.56 Å². The first-order valence-corrected chi connectivity index (χ1v) is 10.0. The van der Waals surface area contributed by atoms with Crippen LogP contribution >= 0.6 is 11.6 Å². The third-order valence-electron chi connectivity index (χ3n) is 4.78. The average Bonchev–Trinajstić information content (AvgIpc) is 2.70. The molecule has 1 aliphatic rings. The average molecular weight is 390 g/mol. The fourth-order valence-corrected chi connectivity index (χ4v) is 3.39. The maximum atomic E-state index is 10.7. The molecule has 0 bridgehead atoms. The van der Waals surface area contributed by atoms with E-state index in [0.29, 0.717) is 18.2 Å². The van der Waals surface area contributed by atoms with Gasteiger partial charge in [0.25, 0.3) is 0 Å². The smallest absolute Gasteiger partial charge is 0.157 e. The second kappa shape index (κ2) is 10.8. The van der Waals surface area contributed by atoms with Crippen molar-refractivity contribution in [2.75, 3.05) is 26.3 Å². The van der Waals surface area contributed by atoms with Crippen molar-refractivity contribution in [3.8, 4) is 0 Å². The number of hydrogen-bond acceptors (Lipinski definition) is 4. The lowest BCUT2D eigenvalue weighted by Crippen LogP contribution is -2.33. The first-order chi connectivity index (χ1) is 13.2. The van der Waals surface area contributed by atoms with Crippen molar-refractivity contribution in [1.29, 1.82) is 0 Å². The Kier molecular flexibility index (Phi) is 8.11. The molecule has 2 aromatic rings. The van der Waals surface area contributed by atoms with Gasteiger partial charge in [0.2, 0.25) is 0 Å². The minimum atomic E-state index is -0.572. The van der Waals surface area contributed by atoms with E-state index in [1.807, 2.05) is 42.5 Å². The van der Waals surface area contributed by atoms with Gasteiger partial charge in [-0.15, -0.1) is 0 Å². The molecule has 2 aromatic carbocycles. The molecule has 146 valence electrons. The fraction of sp³-hybridized carbons (Fsp3) is 0.455. The molecule has 3 rings (SSSR count). The van der Waals surface area contributed by atoms with Crippen LogP contribution in [0.15, 0.2) is 54.6 Å². The molecular weight excluding hydrogens is 362 g/mol. The van der Waals surface area contributed by atoms with Crippen LogP contribution in [0.3, 0.4) is 0 Å². The van der Waals surface area contributed by atoms with E-state index in [2.05, 4.69) is 17.0 Å². The Bertz CT molecular complexity index is 659. The predicted molar refractivity (Wildman–Crippen MR) is 108 cm³/mol. The third-order valence-corrected chi connectivity index (χ3v) is 5.04. The topological polar surface area (TPSA) is 41.9 Å². The summed E-state index contributed by atoms with van der Waals surface area (Å²) in [6.45, 7) is 3.41. The van der Waals surface area contributed by atoms with Crippen LogP contribution in [0.2, 0.25) is 5.02 Å². The first kappa shape index (κ1) is 20.3. The zero-order valence-electron chi connectivity index (χ0n) is 15.6. The van der Waals surface area contributed by atoms with Gasteiger partial charge in [-0.1, -0.05) is 54.1 Å². The van der Waals surface area contributed by atoms with E-state index in [-0.39, 0.29) is 6.29 Å². The van der Waals surface area contributed by atoms with Crippen molar-refractivity contribution in [3.05, 3.63) is 70.7 Å². The van der Waals surface area contributed by atoms with Gasteiger partial charge in [-0.3, -0.25) is 4.90 Å². The standard InChI is InChI=1S/C22H28ClNO3/c23-20-11-9-19(10-12-20)21(25)17-24(16-18-6-2-1-3-7-18)13-15-27-22-8-4-5-14-26-22/h1-3,6-7,9-12,21-22,25H,4-5,8,13-17H2/t21-,22?/m0/s1. The molecule has 0 aliphatic carbocycles. The summed E-state index contributed by atoms with van der Waals surface area (Å²) in [5.41, 5.74) is 2.09. The van der Waals surface area contributed by atoms with Gasteiger partial charge in [-0.05, 0) is 42.5 Å². The van der Waals surface area contributed by atoms with Crippen LogP contribution in [-0.2, 0) is 16.0 Å². The summed E-state index contributed by atoms with van der Waals surface area (Å²) in [4.78, 5) is 2.22. The van der Waals surface area contributed by atoms with Crippen LogP contribution in [0.5, 0.6) is 0 Å². The van der Waals surface area contributed by atoms with Gasteiger partial charge in [-0.25, -0.2) is 0 Å². The SMILES string of the molecule is O[C@@H](CN(CCOC1CCCCO1)Cc1ccccc1)c1ccc(Cl)cc1. The number of nitrogens with zero attached hydrogens (tertiary/aromatic N) is 1. The molecule has 5 heteroatoms. The molecule has 0 saturated carbocycles. The van der Waals surface area contributed by atoms with Crippen molar-refractivity contribution in [3.63, 3.8) is 0 Å². The maximum Gasteiger partial charge on any atom is 0.157 e. The highest BCUT2D eigenvalue weighted by atomic mass is 35.5. The Morgan fingerprint density at radius 1 is 1.11 bits per heavy atom. The van der Waals surface area contributed by atoms with Gasteiger partial charge in [-0.2, -0.15) is 0 Å². The van der Waals surface area contributed by atoms with Gasteiger partial charge < -0.3 is 14.6 Å². The molecule has 2 atom stereocenters. The van der Waals surface area contributed by atoms with Crippen molar-refractivity contribution < 1.29 is 14.6 Å². The highest BCUT2D eigenvalue weighted by Gasteiger charge is 2.17. The molecule has 1 N–H and O–H groups in total. The number of hydrogen-bond donors (Lipinski definition) is 1. The molecule has 1 unspecified atom stereocenters. The molecule has 0 radical (unpaired) electrons. The monoisotopic (exact) mass is 389 g/mol. The minimum absolute atomic E-state index is 0.0847. The molecule has 1 fully saturated rings.